The maximum atomic E-state index is 14.0. The predicted octanol–water partition coefficient (Wildman–Crippen LogP) is 5.16. The molecule has 0 spiro atoms. The van der Waals surface area contributed by atoms with Gasteiger partial charge in [-0.15, -0.1) is 24.1 Å². The second-order valence-corrected chi connectivity index (χ2v) is 14.5. The maximum absolute atomic E-state index is 14.0. The summed E-state index contributed by atoms with van der Waals surface area (Å²) in [7, 11) is 0. The minimum absolute atomic E-state index is 0.0150. The fourth-order valence-corrected chi connectivity index (χ4v) is 6.00. The zero-order valence-electron chi connectivity index (χ0n) is 25.7. The van der Waals surface area contributed by atoms with E-state index >= 15 is 0 Å². The number of ketones is 2. The first kappa shape index (κ1) is 33.2. The number of carbonyl (C=O) groups excluding carboxylic acids is 3. The van der Waals surface area contributed by atoms with Crippen molar-refractivity contribution in [2.75, 3.05) is 5.75 Å². The van der Waals surface area contributed by atoms with Crippen molar-refractivity contribution in [2.45, 2.75) is 83.1 Å². The molecular formula is C35H46N3O3S+. The van der Waals surface area contributed by atoms with Gasteiger partial charge in [-0.3, -0.25) is 14.4 Å². The van der Waals surface area contributed by atoms with Crippen molar-refractivity contribution in [1.82, 2.24) is 10.3 Å². The zero-order valence-corrected chi connectivity index (χ0v) is 26.5. The number of amides is 1. The van der Waals surface area contributed by atoms with E-state index in [2.05, 4.69) is 42.7 Å². The molecule has 0 saturated carbocycles. The van der Waals surface area contributed by atoms with Crippen LogP contribution in [0.3, 0.4) is 0 Å². The molecular weight excluding hydrogens is 542 g/mol. The molecule has 0 saturated heterocycles. The van der Waals surface area contributed by atoms with Crippen molar-refractivity contribution in [1.29, 1.82) is 0 Å². The van der Waals surface area contributed by atoms with Crippen molar-refractivity contribution in [2.24, 2.45) is 11.8 Å². The molecule has 1 aromatic heterocycles. The Bertz CT molecular complexity index is 1370. The average molecular weight is 589 g/mol. The topological polar surface area (TPSA) is 107 Å². The summed E-state index contributed by atoms with van der Waals surface area (Å²) in [5.74, 6) is 1.79. The molecule has 3 atom stereocenters. The Morgan fingerprint density at radius 2 is 1.64 bits per heavy atom. The summed E-state index contributed by atoms with van der Waals surface area (Å²) >= 11 is 1.70. The molecule has 0 bridgehead atoms. The maximum Gasteiger partial charge on any atom is 0.224 e. The van der Waals surface area contributed by atoms with Gasteiger partial charge in [-0.05, 0) is 49.8 Å². The summed E-state index contributed by atoms with van der Waals surface area (Å²) in [5, 5.41) is 4.24. The molecule has 6 nitrogen and oxygen atoms in total. The number of H-pyrrole nitrogens is 1. The fraction of sp³-hybridized carbons (Fsp3) is 0.457. The summed E-state index contributed by atoms with van der Waals surface area (Å²) in [4.78, 5) is 44.2. The summed E-state index contributed by atoms with van der Waals surface area (Å²) in [6.07, 6.45) is 6.99. The van der Waals surface area contributed by atoms with Gasteiger partial charge in [-0.25, -0.2) is 0 Å². The number of quaternary nitrogens is 1. The van der Waals surface area contributed by atoms with E-state index in [-0.39, 0.29) is 35.1 Å². The van der Waals surface area contributed by atoms with E-state index in [0.717, 1.165) is 22.2 Å². The largest absolute Gasteiger partial charge is 0.358 e. The lowest BCUT2D eigenvalue weighted by atomic mass is 9.78. The van der Waals surface area contributed by atoms with Crippen molar-refractivity contribution < 1.29 is 20.1 Å². The number of rotatable bonds is 15. The smallest absolute Gasteiger partial charge is 0.224 e. The number of thioether (sulfide) groups is 1. The lowest BCUT2D eigenvalue weighted by Crippen LogP contribution is -2.67. The number of benzene rings is 2. The highest BCUT2D eigenvalue weighted by Crippen LogP contribution is 2.27. The van der Waals surface area contributed by atoms with Crippen LogP contribution in [-0.2, 0) is 27.2 Å². The first-order valence-corrected chi connectivity index (χ1v) is 15.7. The van der Waals surface area contributed by atoms with Gasteiger partial charge in [0.1, 0.15) is 5.78 Å². The minimum atomic E-state index is -0.869. The molecule has 0 fully saturated rings. The molecule has 0 aliphatic carbocycles. The van der Waals surface area contributed by atoms with E-state index in [1.807, 2.05) is 74.5 Å². The Labute approximate surface area is 255 Å². The molecule has 5 N–H and O–H groups in total. The Hall–Kier alpha value is -3.34. The molecule has 42 heavy (non-hydrogen) atoms. The van der Waals surface area contributed by atoms with Gasteiger partial charge in [0.15, 0.2) is 11.8 Å². The average Bonchev–Trinajstić information content (AvgIpc) is 3.35. The summed E-state index contributed by atoms with van der Waals surface area (Å²) in [6.45, 7) is 10.1. The molecule has 1 heterocycles. The molecule has 2 aromatic carbocycles. The summed E-state index contributed by atoms with van der Waals surface area (Å²) < 4.78 is 0.0150. The first-order chi connectivity index (χ1) is 19.8. The number of fused-ring (bicyclic) bond motifs is 1. The van der Waals surface area contributed by atoms with Crippen molar-refractivity contribution in [3.05, 3.63) is 71.9 Å². The van der Waals surface area contributed by atoms with E-state index in [1.54, 1.807) is 11.8 Å². The number of aromatic amines is 1. The highest BCUT2D eigenvalue weighted by Gasteiger charge is 2.38. The number of para-hydroxylation sites is 1. The molecule has 0 aliphatic rings. The zero-order chi connectivity index (χ0) is 30.9. The minimum Gasteiger partial charge on any atom is -0.358 e. The number of hydrogen-bond donors (Lipinski definition) is 3. The van der Waals surface area contributed by atoms with Gasteiger partial charge >= 0.3 is 0 Å². The Kier molecular flexibility index (Phi) is 11.6. The third-order valence-corrected chi connectivity index (χ3v) is 8.98. The number of Topliss-reactive ketones (excluding diaryl/α,β-unsaturated/α-hetero) is 2. The Balaban J connectivity index is 1.85. The molecule has 0 unspecified atom stereocenters. The second kappa shape index (κ2) is 14.7. The van der Waals surface area contributed by atoms with Crippen LogP contribution in [0.2, 0.25) is 0 Å². The third-order valence-electron chi connectivity index (χ3n) is 7.55. The SMILES string of the molecule is C#CCCC(=O)[C@H](Cc1ccccc1)C(C)(C)NC(=O)[C@@H](CC(=O)[C@@H]([NH3+])CSC(C)(C)C)Cc1cc2ccccc2[nH]1. The van der Waals surface area contributed by atoms with Gasteiger partial charge in [0.05, 0.1) is 11.7 Å². The lowest BCUT2D eigenvalue weighted by molar-refractivity contribution is -0.396. The highest BCUT2D eigenvalue weighted by atomic mass is 32.2. The fourth-order valence-electron chi connectivity index (χ4n) is 5.12. The molecule has 3 rings (SSSR count). The number of aromatic nitrogens is 1. The summed E-state index contributed by atoms with van der Waals surface area (Å²) in [6, 6.07) is 19.4. The van der Waals surface area contributed by atoms with Gasteiger partial charge in [-0.2, -0.15) is 0 Å². The Morgan fingerprint density at radius 1 is 0.976 bits per heavy atom. The van der Waals surface area contributed by atoms with Crippen molar-refractivity contribution in [3.8, 4) is 12.3 Å². The van der Waals surface area contributed by atoms with Gasteiger partial charge in [0.2, 0.25) is 5.91 Å². The van der Waals surface area contributed by atoms with Crippen molar-refractivity contribution in [3.63, 3.8) is 0 Å². The molecule has 224 valence electrons. The predicted molar refractivity (Wildman–Crippen MR) is 173 cm³/mol. The number of terminal acetylenes is 1. The van der Waals surface area contributed by atoms with E-state index in [1.165, 1.54) is 0 Å². The van der Waals surface area contributed by atoms with E-state index < -0.39 is 23.4 Å². The molecule has 3 aromatic rings. The van der Waals surface area contributed by atoms with Crippen molar-refractivity contribution >= 4 is 40.1 Å². The van der Waals surface area contributed by atoms with Gasteiger partial charge in [-0.1, -0.05) is 69.3 Å². The lowest BCUT2D eigenvalue weighted by Gasteiger charge is -2.36. The number of carbonyl (C=O) groups is 3. The third kappa shape index (κ3) is 9.89. The van der Waals surface area contributed by atoms with Crippen LogP contribution in [0.1, 0.15) is 65.1 Å². The van der Waals surface area contributed by atoms with Crippen LogP contribution in [0.25, 0.3) is 10.9 Å². The molecule has 1 amide bonds. The highest BCUT2D eigenvalue weighted by molar-refractivity contribution is 8.00. The van der Waals surface area contributed by atoms with Crippen LogP contribution in [0, 0.1) is 24.2 Å². The second-order valence-electron chi connectivity index (χ2n) is 12.7. The van der Waals surface area contributed by atoms with E-state index in [9.17, 15) is 14.4 Å². The van der Waals surface area contributed by atoms with Gasteiger partial charge in [0, 0.05) is 46.7 Å². The quantitative estimate of drug-likeness (QED) is 0.213. The molecule has 0 aliphatic heterocycles. The Morgan fingerprint density at radius 3 is 2.29 bits per heavy atom. The van der Waals surface area contributed by atoms with E-state index in [0.29, 0.717) is 25.0 Å². The monoisotopic (exact) mass is 588 g/mol. The van der Waals surface area contributed by atoms with Crippen LogP contribution in [0.15, 0.2) is 60.7 Å². The van der Waals surface area contributed by atoms with Gasteiger partial charge in [0.25, 0.3) is 0 Å². The van der Waals surface area contributed by atoms with Crippen LogP contribution >= 0.6 is 11.8 Å². The number of hydrogen-bond acceptors (Lipinski definition) is 4. The molecule has 7 heteroatoms. The molecule has 0 radical (unpaired) electrons. The number of nitrogens with one attached hydrogen (secondary N) is 2. The van der Waals surface area contributed by atoms with E-state index in [4.69, 9.17) is 6.42 Å². The first-order valence-electron chi connectivity index (χ1n) is 14.7. The van der Waals surface area contributed by atoms with Gasteiger partial charge < -0.3 is 16.0 Å². The standard InChI is InChI=1S/C35H45N3O3S/c1-7-8-18-31(39)28(19-24-14-10-9-11-15-24)35(5,6)38-33(41)26(22-32(40)29(36)23-42-34(2,3)4)21-27-20-25-16-12-13-17-30(25)37-27/h1,9-17,20,26,28-29,37H,8,18-19,21-23,36H2,2-6H3,(H,38,41)/p+1/t26-,28+,29+/m1/s1. The van der Waals surface area contributed by atoms with Crippen LogP contribution in [0.4, 0.5) is 0 Å². The van der Waals surface area contributed by atoms with Crippen LogP contribution in [-0.4, -0.2) is 44.5 Å². The van der Waals surface area contributed by atoms with Crippen LogP contribution in [0.5, 0.6) is 0 Å². The van der Waals surface area contributed by atoms with Crippen LogP contribution < -0.4 is 11.1 Å². The summed E-state index contributed by atoms with van der Waals surface area (Å²) in [5.41, 5.74) is 6.14. The normalized spacial score (nSPS) is 14.1.